The SMILES string of the molecule is CC(C)C[C@H]1COC/C=C/CN2c3cc4c(cc3[C@@H]3OC(C)(C)O[C@H]3[C@@H]2CC(=O)N1)OCO4. The number of nitrogens with one attached hydrogen (secondary N) is 1. The molecule has 33 heavy (non-hydrogen) atoms. The summed E-state index contributed by atoms with van der Waals surface area (Å²) in [5.41, 5.74) is 1.99. The highest BCUT2D eigenvalue weighted by Gasteiger charge is 2.52. The van der Waals surface area contributed by atoms with Crippen LogP contribution >= 0.6 is 0 Å². The van der Waals surface area contributed by atoms with Gasteiger partial charge >= 0.3 is 0 Å². The topological polar surface area (TPSA) is 78.5 Å². The van der Waals surface area contributed by atoms with Crippen LogP contribution in [0.1, 0.15) is 52.2 Å². The van der Waals surface area contributed by atoms with Crippen LogP contribution in [0.25, 0.3) is 0 Å². The fourth-order valence-electron chi connectivity index (χ4n) is 5.30. The van der Waals surface area contributed by atoms with Gasteiger partial charge in [0.25, 0.3) is 0 Å². The number of fused-ring (bicyclic) bond motifs is 7. The van der Waals surface area contributed by atoms with Crippen LogP contribution in [0.5, 0.6) is 11.5 Å². The second-order valence-corrected chi connectivity index (χ2v) is 10.1. The molecule has 180 valence electrons. The van der Waals surface area contributed by atoms with Gasteiger partial charge in [-0.1, -0.05) is 26.0 Å². The largest absolute Gasteiger partial charge is 0.454 e. The maximum atomic E-state index is 13.2. The molecule has 0 aromatic heterocycles. The van der Waals surface area contributed by atoms with Crippen molar-refractivity contribution >= 4 is 11.6 Å². The summed E-state index contributed by atoms with van der Waals surface area (Å²) in [5.74, 6) is 1.14. The van der Waals surface area contributed by atoms with Crippen molar-refractivity contribution in [2.24, 2.45) is 5.92 Å². The molecule has 1 saturated heterocycles. The summed E-state index contributed by atoms with van der Waals surface area (Å²) >= 11 is 0. The zero-order valence-electron chi connectivity index (χ0n) is 19.8. The van der Waals surface area contributed by atoms with Crippen molar-refractivity contribution in [3.63, 3.8) is 0 Å². The Morgan fingerprint density at radius 1 is 1.15 bits per heavy atom. The first-order valence-corrected chi connectivity index (χ1v) is 11.9. The number of nitrogens with zero attached hydrogens (tertiary/aromatic N) is 1. The van der Waals surface area contributed by atoms with Crippen molar-refractivity contribution in [2.45, 2.75) is 70.6 Å². The number of ether oxygens (including phenoxy) is 5. The summed E-state index contributed by atoms with van der Waals surface area (Å²) in [6.45, 7) is 10.0. The molecule has 4 aliphatic rings. The molecule has 1 N–H and O–H groups in total. The minimum Gasteiger partial charge on any atom is -0.454 e. The maximum Gasteiger partial charge on any atom is 0.231 e. The fourth-order valence-corrected chi connectivity index (χ4v) is 5.30. The van der Waals surface area contributed by atoms with E-state index in [1.807, 2.05) is 32.1 Å². The van der Waals surface area contributed by atoms with Crippen LogP contribution < -0.4 is 19.7 Å². The third-order valence-electron chi connectivity index (χ3n) is 6.56. The molecule has 8 nitrogen and oxygen atoms in total. The first kappa shape index (κ1) is 22.5. The third-order valence-corrected chi connectivity index (χ3v) is 6.56. The van der Waals surface area contributed by atoms with Gasteiger partial charge in [0.05, 0.1) is 25.3 Å². The van der Waals surface area contributed by atoms with Gasteiger partial charge in [0.2, 0.25) is 12.7 Å². The molecule has 0 unspecified atom stereocenters. The Morgan fingerprint density at radius 3 is 2.73 bits per heavy atom. The number of benzene rings is 1. The van der Waals surface area contributed by atoms with Crippen molar-refractivity contribution in [1.29, 1.82) is 0 Å². The van der Waals surface area contributed by atoms with Gasteiger partial charge in [0.1, 0.15) is 12.2 Å². The van der Waals surface area contributed by atoms with Gasteiger partial charge in [0.15, 0.2) is 17.3 Å². The van der Waals surface area contributed by atoms with Gasteiger partial charge in [-0.05, 0) is 32.3 Å². The smallest absolute Gasteiger partial charge is 0.231 e. The lowest BCUT2D eigenvalue weighted by Gasteiger charge is -2.43. The van der Waals surface area contributed by atoms with Crippen LogP contribution in [0, 0.1) is 5.92 Å². The summed E-state index contributed by atoms with van der Waals surface area (Å²) in [5, 5.41) is 3.21. The minimum atomic E-state index is -0.747. The van der Waals surface area contributed by atoms with Crippen LogP contribution in [0.2, 0.25) is 0 Å². The Balaban J connectivity index is 1.52. The summed E-state index contributed by atoms with van der Waals surface area (Å²) < 4.78 is 29.9. The van der Waals surface area contributed by atoms with Gasteiger partial charge in [-0.3, -0.25) is 4.79 Å². The molecule has 1 fully saturated rings. The molecule has 1 aromatic rings. The molecule has 4 aliphatic heterocycles. The molecule has 4 atom stereocenters. The van der Waals surface area contributed by atoms with Crippen LogP contribution in [-0.4, -0.2) is 56.4 Å². The van der Waals surface area contributed by atoms with E-state index in [1.54, 1.807) is 0 Å². The summed E-state index contributed by atoms with van der Waals surface area (Å²) in [7, 11) is 0. The van der Waals surface area contributed by atoms with Gasteiger partial charge in [-0.15, -0.1) is 0 Å². The monoisotopic (exact) mass is 458 g/mol. The zero-order valence-corrected chi connectivity index (χ0v) is 19.8. The predicted octanol–water partition coefficient (Wildman–Crippen LogP) is 3.30. The van der Waals surface area contributed by atoms with E-state index >= 15 is 0 Å². The predicted molar refractivity (Wildman–Crippen MR) is 122 cm³/mol. The van der Waals surface area contributed by atoms with Crippen molar-refractivity contribution < 1.29 is 28.5 Å². The molecule has 0 spiro atoms. The van der Waals surface area contributed by atoms with E-state index in [0.717, 1.165) is 17.7 Å². The molecular weight excluding hydrogens is 424 g/mol. The molecule has 1 amide bonds. The van der Waals surface area contributed by atoms with E-state index in [1.165, 1.54) is 0 Å². The van der Waals surface area contributed by atoms with Gasteiger partial charge in [0, 0.05) is 30.3 Å². The minimum absolute atomic E-state index is 0.0000486. The van der Waals surface area contributed by atoms with E-state index < -0.39 is 5.79 Å². The average molecular weight is 459 g/mol. The second-order valence-electron chi connectivity index (χ2n) is 10.1. The molecule has 8 heteroatoms. The van der Waals surface area contributed by atoms with E-state index in [0.29, 0.717) is 43.6 Å². The number of hydrogen-bond acceptors (Lipinski definition) is 7. The van der Waals surface area contributed by atoms with Gasteiger partial charge in [-0.25, -0.2) is 0 Å². The molecular formula is C25H34N2O6. The Labute approximate surface area is 195 Å². The van der Waals surface area contributed by atoms with Crippen LogP contribution in [-0.2, 0) is 19.0 Å². The van der Waals surface area contributed by atoms with E-state index in [9.17, 15) is 4.79 Å². The normalized spacial score (nSPS) is 31.7. The lowest BCUT2D eigenvalue weighted by Crippen LogP contribution is -2.53. The molecule has 0 bridgehead atoms. The summed E-state index contributed by atoms with van der Waals surface area (Å²) in [6, 6.07) is 3.80. The van der Waals surface area contributed by atoms with E-state index in [2.05, 4.69) is 30.1 Å². The van der Waals surface area contributed by atoms with E-state index in [4.69, 9.17) is 23.7 Å². The number of amides is 1. The lowest BCUT2D eigenvalue weighted by atomic mass is 9.88. The van der Waals surface area contributed by atoms with Crippen LogP contribution in [0.4, 0.5) is 5.69 Å². The second kappa shape index (κ2) is 8.81. The lowest BCUT2D eigenvalue weighted by molar-refractivity contribution is -0.148. The standard InChI is InChI=1S/C25H34N2O6/c1-15(2)9-16-13-29-8-6-5-7-27-18-11-21-20(30-14-31-21)10-17(18)23-24(33-25(3,4)32-23)19(27)12-22(28)26-16/h5-6,10-11,15-16,19,23-24H,7-9,12-14H2,1-4H3,(H,26,28)/b6-5+/t16-,19-,23-,24-/m0/s1. The average Bonchev–Trinajstić information content (AvgIpc) is 3.32. The number of carbonyl (C=O) groups is 1. The highest BCUT2D eigenvalue weighted by Crippen LogP contribution is 2.52. The molecule has 4 heterocycles. The Morgan fingerprint density at radius 2 is 1.94 bits per heavy atom. The highest BCUT2D eigenvalue weighted by molar-refractivity contribution is 5.78. The zero-order chi connectivity index (χ0) is 23.2. The van der Waals surface area contributed by atoms with Crippen LogP contribution in [0.15, 0.2) is 24.3 Å². The Kier molecular flexibility index (Phi) is 6.01. The highest BCUT2D eigenvalue weighted by atomic mass is 16.8. The summed E-state index contributed by atoms with van der Waals surface area (Å²) in [6.07, 6.45) is 4.74. The van der Waals surface area contributed by atoms with Crippen molar-refractivity contribution in [3.05, 3.63) is 29.8 Å². The van der Waals surface area contributed by atoms with Gasteiger partial charge in [-0.2, -0.15) is 0 Å². The Bertz CT molecular complexity index is 930. The fraction of sp³-hybridized carbons (Fsp3) is 0.640. The quantitative estimate of drug-likeness (QED) is 0.682. The van der Waals surface area contributed by atoms with E-state index in [-0.39, 0.29) is 37.0 Å². The molecule has 0 radical (unpaired) electrons. The van der Waals surface area contributed by atoms with Crippen LogP contribution in [0.3, 0.4) is 0 Å². The number of carbonyl (C=O) groups excluding carboxylic acids is 1. The summed E-state index contributed by atoms with van der Waals surface area (Å²) in [4.78, 5) is 15.5. The molecule has 0 aliphatic carbocycles. The third kappa shape index (κ3) is 4.56. The molecule has 0 saturated carbocycles. The van der Waals surface area contributed by atoms with Crippen molar-refractivity contribution in [2.75, 3.05) is 31.5 Å². The first-order chi connectivity index (χ1) is 15.8. The molecule has 1 aromatic carbocycles. The number of hydrogen-bond donors (Lipinski definition) is 1. The van der Waals surface area contributed by atoms with Gasteiger partial charge < -0.3 is 33.9 Å². The van der Waals surface area contributed by atoms with Crippen molar-refractivity contribution in [1.82, 2.24) is 5.32 Å². The van der Waals surface area contributed by atoms with Crippen molar-refractivity contribution in [3.8, 4) is 11.5 Å². The number of anilines is 1. The number of rotatable bonds is 2. The maximum absolute atomic E-state index is 13.2. The first-order valence-electron chi connectivity index (χ1n) is 11.9. The molecule has 5 rings (SSSR count). The Hall–Kier alpha value is -2.29.